The number of nitrogens with zero attached hydrogens (tertiary/aromatic N) is 4. The third-order valence-corrected chi connectivity index (χ3v) is 7.14. The van der Waals surface area contributed by atoms with Gasteiger partial charge in [-0.25, -0.2) is 4.98 Å². The molecule has 0 aliphatic carbocycles. The maximum absolute atomic E-state index is 13.4. The number of imide groups is 1. The summed E-state index contributed by atoms with van der Waals surface area (Å²) in [5, 5.41) is 0. The fourth-order valence-electron chi connectivity index (χ4n) is 5.06. The zero-order chi connectivity index (χ0) is 24.4. The summed E-state index contributed by atoms with van der Waals surface area (Å²) >= 11 is 0. The largest absolute Gasteiger partial charge is 0.353 e. The number of hydrogen-bond donors (Lipinski definition) is 0. The Morgan fingerprint density at radius 3 is 2.11 bits per heavy atom. The minimum absolute atomic E-state index is 0.00660. The second-order valence-corrected chi connectivity index (χ2v) is 9.19. The number of hydrogen-bond acceptors (Lipinski definition) is 5. The first-order valence-corrected chi connectivity index (χ1v) is 11.9. The molecule has 5 rings (SSSR count). The van der Waals surface area contributed by atoms with Crippen LogP contribution < -0.4 is 4.90 Å². The lowest BCUT2D eigenvalue weighted by molar-refractivity contribution is -0.141. The van der Waals surface area contributed by atoms with Crippen molar-refractivity contribution in [1.82, 2.24) is 14.8 Å². The molecule has 2 saturated heterocycles. The number of anilines is 1. The van der Waals surface area contributed by atoms with Gasteiger partial charge in [-0.2, -0.15) is 0 Å². The standard InChI is InChI=1S/C28H28N4O3/c1-30-25(33)19-28(27(30)35,23-12-10-22(11-13-23)21-7-3-2-4-8-21)20-26(34)32-17-15-31(16-18-32)24-9-5-6-14-29-24/h2-14H,15-20H2,1H3/t28-/m0/s1. The van der Waals surface area contributed by atoms with Crippen molar-refractivity contribution in [1.29, 1.82) is 0 Å². The van der Waals surface area contributed by atoms with Gasteiger partial charge in [-0.05, 0) is 28.8 Å². The number of carbonyl (C=O) groups is 3. The normalized spacial score (nSPS) is 20.4. The van der Waals surface area contributed by atoms with E-state index in [1.165, 1.54) is 7.05 Å². The second-order valence-electron chi connectivity index (χ2n) is 9.19. The molecule has 2 aromatic carbocycles. The van der Waals surface area contributed by atoms with Crippen LogP contribution in [0.2, 0.25) is 0 Å². The molecule has 7 heteroatoms. The molecule has 2 fully saturated rings. The summed E-state index contributed by atoms with van der Waals surface area (Å²) in [6.45, 7) is 2.45. The van der Waals surface area contributed by atoms with Gasteiger partial charge in [0.1, 0.15) is 5.82 Å². The Morgan fingerprint density at radius 2 is 1.51 bits per heavy atom. The molecule has 0 saturated carbocycles. The highest BCUT2D eigenvalue weighted by molar-refractivity contribution is 6.10. The van der Waals surface area contributed by atoms with E-state index in [1.54, 1.807) is 11.1 Å². The van der Waals surface area contributed by atoms with Crippen LogP contribution in [0.5, 0.6) is 0 Å². The van der Waals surface area contributed by atoms with E-state index in [0.29, 0.717) is 31.7 Å². The average molecular weight is 469 g/mol. The first kappa shape index (κ1) is 22.8. The highest BCUT2D eigenvalue weighted by atomic mass is 16.2. The maximum atomic E-state index is 13.4. The van der Waals surface area contributed by atoms with Crippen LogP contribution in [0.15, 0.2) is 79.0 Å². The summed E-state index contributed by atoms with van der Waals surface area (Å²) in [6, 6.07) is 23.5. The molecule has 3 amide bonds. The maximum Gasteiger partial charge on any atom is 0.240 e. The summed E-state index contributed by atoms with van der Waals surface area (Å²) in [5.41, 5.74) is 1.63. The highest BCUT2D eigenvalue weighted by Crippen LogP contribution is 2.40. The molecule has 0 radical (unpaired) electrons. The molecular formula is C28H28N4O3. The van der Waals surface area contributed by atoms with Crippen LogP contribution in [0, 0.1) is 0 Å². The summed E-state index contributed by atoms with van der Waals surface area (Å²) < 4.78 is 0. The molecule has 0 bridgehead atoms. The number of benzene rings is 2. The van der Waals surface area contributed by atoms with Gasteiger partial charge >= 0.3 is 0 Å². The third-order valence-electron chi connectivity index (χ3n) is 7.14. The molecule has 2 aliphatic heterocycles. The van der Waals surface area contributed by atoms with Gasteiger partial charge in [-0.15, -0.1) is 0 Å². The van der Waals surface area contributed by atoms with Crippen LogP contribution in [-0.4, -0.2) is 65.7 Å². The molecule has 1 atom stereocenters. The zero-order valence-corrected chi connectivity index (χ0v) is 19.8. The van der Waals surface area contributed by atoms with Gasteiger partial charge in [0.15, 0.2) is 0 Å². The smallest absolute Gasteiger partial charge is 0.240 e. The number of pyridine rings is 1. The van der Waals surface area contributed by atoms with E-state index in [9.17, 15) is 14.4 Å². The van der Waals surface area contributed by atoms with E-state index in [1.807, 2.05) is 72.8 Å². The lowest BCUT2D eigenvalue weighted by Crippen LogP contribution is -2.51. The number of amides is 3. The fraction of sp³-hybridized carbons (Fsp3) is 0.286. The minimum atomic E-state index is -1.17. The number of likely N-dealkylation sites (N-methyl/N-ethyl adjacent to an activating group) is 1. The molecule has 7 nitrogen and oxygen atoms in total. The van der Waals surface area contributed by atoms with E-state index >= 15 is 0 Å². The van der Waals surface area contributed by atoms with Gasteiger partial charge in [0.25, 0.3) is 0 Å². The average Bonchev–Trinajstić information content (AvgIpc) is 3.13. The Labute approximate surface area is 205 Å². The summed E-state index contributed by atoms with van der Waals surface area (Å²) in [7, 11) is 1.50. The quantitative estimate of drug-likeness (QED) is 0.538. The molecule has 35 heavy (non-hydrogen) atoms. The lowest BCUT2D eigenvalue weighted by atomic mass is 9.75. The topological polar surface area (TPSA) is 73.8 Å². The predicted molar refractivity (Wildman–Crippen MR) is 134 cm³/mol. The van der Waals surface area contributed by atoms with E-state index in [4.69, 9.17) is 0 Å². The molecule has 2 aliphatic rings. The monoisotopic (exact) mass is 468 g/mol. The van der Waals surface area contributed by atoms with Crippen LogP contribution in [0.4, 0.5) is 5.82 Å². The van der Waals surface area contributed by atoms with Crippen molar-refractivity contribution in [2.45, 2.75) is 18.3 Å². The SMILES string of the molecule is CN1C(=O)C[C@](CC(=O)N2CCN(c3ccccn3)CC2)(c2ccc(-c3ccccc3)cc2)C1=O. The van der Waals surface area contributed by atoms with Crippen LogP contribution in [0.1, 0.15) is 18.4 Å². The van der Waals surface area contributed by atoms with E-state index in [2.05, 4.69) is 9.88 Å². The number of rotatable bonds is 5. The van der Waals surface area contributed by atoms with Gasteiger partial charge in [0, 0.05) is 52.3 Å². The predicted octanol–water partition coefficient (Wildman–Crippen LogP) is 3.11. The number of piperazine rings is 1. The van der Waals surface area contributed by atoms with Crippen LogP contribution >= 0.6 is 0 Å². The van der Waals surface area contributed by atoms with Gasteiger partial charge in [-0.1, -0.05) is 60.7 Å². The molecule has 3 heterocycles. The molecular weight excluding hydrogens is 440 g/mol. The lowest BCUT2D eigenvalue weighted by Gasteiger charge is -2.37. The van der Waals surface area contributed by atoms with Crippen molar-refractivity contribution in [2.75, 3.05) is 38.1 Å². The second kappa shape index (κ2) is 9.33. The number of carbonyl (C=O) groups excluding carboxylic acids is 3. The van der Waals surface area contributed by atoms with Crippen molar-refractivity contribution in [3.05, 3.63) is 84.6 Å². The van der Waals surface area contributed by atoms with Gasteiger partial charge in [0.05, 0.1) is 5.41 Å². The highest BCUT2D eigenvalue weighted by Gasteiger charge is 2.53. The van der Waals surface area contributed by atoms with E-state index < -0.39 is 5.41 Å². The van der Waals surface area contributed by atoms with E-state index in [-0.39, 0.29) is 30.6 Å². The van der Waals surface area contributed by atoms with Crippen molar-refractivity contribution in [3.63, 3.8) is 0 Å². The van der Waals surface area contributed by atoms with Crippen LogP contribution in [0.25, 0.3) is 11.1 Å². The first-order valence-electron chi connectivity index (χ1n) is 11.9. The van der Waals surface area contributed by atoms with Crippen molar-refractivity contribution in [3.8, 4) is 11.1 Å². The van der Waals surface area contributed by atoms with Crippen molar-refractivity contribution < 1.29 is 14.4 Å². The Balaban J connectivity index is 1.36. The van der Waals surface area contributed by atoms with Crippen LogP contribution in [0.3, 0.4) is 0 Å². The van der Waals surface area contributed by atoms with E-state index in [0.717, 1.165) is 21.8 Å². The zero-order valence-electron chi connectivity index (χ0n) is 19.8. The Bertz CT molecular complexity index is 1220. The summed E-state index contributed by atoms with van der Waals surface area (Å²) in [5.74, 6) is 0.229. The van der Waals surface area contributed by atoms with Gasteiger partial charge in [-0.3, -0.25) is 19.3 Å². The first-order chi connectivity index (χ1) is 17.0. The summed E-state index contributed by atoms with van der Waals surface area (Å²) in [6.07, 6.45) is 1.75. The fourth-order valence-corrected chi connectivity index (χ4v) is 5.06. The van der Waals surface area contributed by atoms with Crippen molar-refractivity contribution in [2.24, 2.45) is 0 Å². The summed E-state index contributed by atoms with van der Waals surface area (Å²) in [4.78, 5) is 48.9. The molecule has 0 N–H and O–H groups in total. The molecule has 1 aromatic heterocycles. The molecule has 0 spiro atoms. The third kappa shape index (κ3) is 4.30. The Kier molecular flexibility index (Phi) is 6.07. The molecule has 0 unspecified atom stereocenters. The van der Waals surface area contributed by atoms with Gasteiger partial charge < -0.3 is 9.80 Å². The number of likely N-dealkylation sites (tertiary alicyclic amines) is 1. The van der Waals surface area contributed by atoms with Gasteiger partial charge in [0.2, 0.25) is 17.7 Å². The Hall–Kier alpha value is -4.00. The number of aromatic nitrogens is 1. The molecule has 3 aromatic rings. The van der Waals surface area contributed by atoms with Crippen LogP contribution in [-0.2, 0) is 19.8 Å². The minimum Gasteiger partial charge on any atom is -0.353 e. The molecule has 178 valence electrons. The Morgan fingerprint density at radius 1 is 0.857 bits per heavy atom. The van der Waals surface area contributed by atoms with Crippen molar-refractivity contribution >= 4 is 23.5 Å².